The van der Waals surface area contributed by atoms with Crippen molar-refractivity contribution in [2.45, 2.75) is 26.8 Å². The molecule has 0 N–H and O–H groups in total. The maximum atomic E-state index is 13.6. The fraction of sp³-hybridized carbons (Fsp3) is 0.667. The van der Waals surface area contributed by atoms with Crippen molar-refractivity contribution in [2.24, 2.45) is 4.99 Å². The monoisotopic (exact) mass is 446 g/mol. The Bertz CT molecular complexity index is 948. The smallest absolute Gasteiger partial charge is 0.379 e. The van der Waals surface area contributed by atoms with Crippen LogP contribution in [-0.4, -0.2) is 125 Å². The van der Waals surface area contributed by atoms with Gasteiger partial charge in [-0.3, -0.25) is 19.5 Å². The summed E-state index contributed by atoms with van der Waals surface area (Å²) in [5.74, 6) is 0.716. The molecule has 11 nitrogen and oxygen atoms in total. The molecule has 2 saturated heterocycles. The molecule has 0 aromatic carbocycles. The molecule has 0 spiro atoms. The topological polar surface area (TPSA) is 95.5 Å². The zero-order chi connectivity index (χ0) is 22.8. The Morgan fingerprint density at radius 1 is 1.22 bits per heavy atom. The van der Waals surface area contributed by atoms with Crippen LogP contribution in [0, 0.1) is 13.8 Å². The minimum atomic E-state index is -0.679. The number of morpholine rings is 1. The summed E-state index contributed by atoms with van der Waals surface area (Å²) in [7, 11) is 1.67. The van der Waals surface area contributed by atoms with Gasteiger partial charge in [-0.15, -0.1) is 9.78 Å². The van der Waals surface area contributed by atoms with Gasteiger partial charge in [0.15, 0.2) is 0 Å². The van der Waals surface area contributed by atoms with E-state index in [1.165, 1.54) is 9.80 Å². The van der Waals surface area contributed by atoms with E-state index in [0.29, 0.717) is 57.9 Å². The Hall–Kier alpha value is -2.63. The molecule has 4 rings (SSSR count). The summed E-state index contributed by atoms with van der Waals surface area (Å²) in [6.45, 7) is 11.2. The van der Waals surface area contributed by atoms with Crippen molar-refractivity contribution < 1.29 is 23.6 Å². The maximum absolute atomic E-state index is 13.6. The number of amides is 3. The summed E-state index contributed by atoms with van der Waals surface area (Å²) >= 11 is 0. The number of likely N-dealkylation sites (N-methyl/N-ethyl adjacent to an activating group) is 1. The van der Waals surface area contributed by atoms with Crippen molar-refractivity contribution in [3.63, 3.8) is 0 Å². The van der Waals surface area contributed by atoms with Gasteiger partial charge in [-0.1, -0.05) is 4.99 Å². The van der Waals surface area contributed by atoms with E-state index in [-0.39, 0.29) is 11.9 Å². The number of urea groups is 1. The number of amidine groups is 1. The van der Waals surface area contributed by atoms with E-state index in [9.17, 15) is 9.59 Å². The fourth-order valence-electron chi connectivity index (χ4n) is 4.31. The Balaban J connectivity index is 1.63. The molecule has 0 radical (unpaired) electrons. The number of carbonyl (C=O) groups excluding carboxylic acids is 2. The van der Waals surface area contributed by atoms with Gasteiger partial charge in [0, 0.05) is 39.8 Å². The molecule has 11 heteroatoms. The highest BCUT2D eigenvalue weighted by Gasteiger charge is 2.53. The van der Waals surface area contributed by atoms with Gasteiger partial charge in [0.2, 0.25) is 11.9 Å². The van der Waals surface area contributed by atoms with E-state index in [1.54, 1.807) is 11.7 Å². The Morgan fingerprint density at radius 3 is 2.62 bits per heavy atom. The number of aryl methyl sites for hydroxylation is 2. The molecule has 1 atom stereocenters. The average Bonchev–Trinajstić information content (AvgIpc) is 3.32. The molecule has 0 saturated carbocycles. The van der Waals surface area contributed by atoms with Crippen LogP contribution in [0.1, 0.15) is 18.3 Å². The molecule has 32 heavy (non-hydrogen) atoms. The summed E-state index contributed by atoms with van der Waals surface area (Å²) in [5.41, 5.74) is 1.77. The molecule has 2 fully saturated rings. The van der Waals surface area contributed by atoms with Gasteiger partial charge in [-0.25, -0.2) is 9.37 Å². The van der Waals surface area contributed by atoms with Gasteiger partial charge in [-0.2, -0.15) is 0 Å². The first-order valence-electron chi connectivity index (χ1n) is 11.1. The van der Waals surface area contributed by atoms with Gasteiger partial charge < -0.3 is 9.47 Å². The highest BCUT2D eigenvalue weighted by molar-refractivity contribution is 6.23. The molecular formula is C21H32N7O4+. The normalized spacial score (nSPS) is 22.1. The second-order valence-corrected chi connectivity index (χ2v) is 8.19. The van der Waals surface area contributed by atoms with Crippen molar-refractivity contribution in [1.82, 2.24) is 24.5 Å². The van der Waals surface area contributed by atoms with Crippen LogP contribution in [-0.2, 0) is 14.3 Å². The lowest BCUT2D eigenvalue weighted by atomic mass is 10.1. The number of aromatic nitrogens is 2. The molecule has 3 aliphatic rings. The van der Waals surface area contributed by atoms with E-state index in [0.717, 1.165) is 24.5 Å². The maximum Gasteiger partial charge on any atom is 0.421 e. The van der Waals surface area contributed by atoms with Gasteiger partial charge in [0.1, 0.15) is 5.69 Å². The average molecular weight is 447 g/mol. The summed E-state index contributed by atoms with van der Waals surface area (Å²) in [6.07, 6.45) is 0. The van der Waals surface area contributed by atoms with Gasteiger partial charge in [0.05, 0.1) is 32.1 Å². The predicted octanol–water partition coefficient (Wildman–Crippen LogP) is -0.240. The fourth-order valence-corrected chi connectivity index (χ4v) is 4.31. The third-order valence-corrected chi connectivity index (χ3v) is 6.01. The van der Waals surface area contributed by atoms with Crippen LogP contribution in [0.2, 0.25) is 0 Å². The molecule has 1 aromatic rings. The molecule has 1 aromatic heterocycles. The molecule has 1 unspecified atom stereocenters. The third-order valence-electron chi connectivity index (χ3n) is 6.01. The first-order valence-corrected chi connectivity index (χ1v) is 11.1. The second kappa shape index (κ2) is 9.47. The Kier molecular flexibility index (Phi) is 6.68. The lowest BCUT2D eigenvalue weighted by molar-refractivity contribution is -0.540. The number of ether oxygens (including phenoxy) is 2. The zero-order valence-electron chi connectivity index (χ0n) is 19.3. The molecule has 3 aliphatic heterocycles. The molecule has 3 amide bonds. The summed E-state index contributed by atoms with van der Waals surface area (Å²) in [5, 5.41) is 4.56. The highest BCUT2D eigenvalue weighted by Crippen LogP contribution is 2.21. The van der Waals surface area contributed by atoms with Crippen LogP contribution in [0.3, 0.4) is 0 Å². The number of hydrogen-bond donors (Lipinski definition) is 0. The number of rotatable bonds is 7. The van der Waals surface area contributed by atoms with Gasteiger partial charge in [-0.05, 0) is 26.8 Å². The summed E-state index contributed by atoms with van der Waals surface area (Å²) in [6, 6.07) is 0.931. The molecule has 174 valence electrons. The van der Waals surface area contributed by atoms with Crippen molar-refractivity contribution in [2.75, 3.05) is 66.2 Å². The van der Waals surface area contributed by atoms with E-state index < -0.39 is 6.04 Å². The lowest BCUT2D eigenvalue weighted by Gasteiger charge is -2.35. The second-order valence-electron chi connectivity index (χ2n) is 8.19. The first-order chi connectivity index (χ1) is 15.4. The molecule has 0 bridgehead atoms. The van der Waals surface area contributed by atoms with Crippen molar-refractivity contribution in [3.8, 4) is 0 Å². The minimum absolute atomic E-state index is 0.256. The van der Waals surface area contributed by atoms with Gasteiger partial charge >= 0.3 is 12.0 Å². The van der Waals surface area contributed by atoms with Crippen molar-refractivity contribution in [3.05, 3.63) is 17.5 Å². The number of fused-ring (bicyclic) bond motifs is 1. The van der Waals surface area contributed by atoms with Crippen LogP contribution in [0.5, 0.6) is 0 Å². The Morgan fingerprint density at radius 2 is 1.97 bits per heavy atom. The van der Waals surface area contributed by atoms with Gasteiger partial charge in [0.25, 0.3) is 5.91 Å². The van der Waals surface area contributed by atoms with Crippen molar-refractivity contribution in [1.29, 1.82) is 0 Å². The van der Waals surface area contributed by atoms with Crippen LogP contribution < -0.4 is 0 Å². The van der Waals surface area contributed by atoms with Crippen LogP contribution in [0.4, 0.5) is 4.79 Å². The standard InChI is InChI=1S/C21H32N7O4/c1-5-31-13-10-26-17-18(22-20(26)28-16(3)14-15(2)23-28)24(4)21(30)27(19(17)29)7-6-25-8-11-32-12-9-25/h14,17H,5-13H2,1-4H3/q+1. The summed E-state index contributed by atoms with van der Waals surface area (Å²) < 4.78 is 14.6. The zero-order valence-corrected chi connectivity index (χ0v) is 19.3. The van der Waals surface area contributed by atoms with E-state index in [4.69, 9.17) is 14.5 Å². The number of imide groups is 1. The first kappa shape index (κ1) is 22.6. The third kappa shape index (κ3) is 4.19. The van der Waals surface area contributed by atoms with E-state index in [1.807, 2.05) is 31.4 Å². The van der Waals surface area contributed by atoms with Crippen LogP contribution in [0.25, 0.3) is 0 Å². The van der Waals surface area contributed by atoms with E-state index in [2.05, 4.69) is 10.00 Å². The van der Waals surface area contributed by atoms with Crippen LogP contribution in [0.15, 0.2) is 11.1 Å². The highest BCUT2D eigenvalue weighted by atomic mass is 16.5. The van der Waals surface area contributed by atoms with Crippen LogP contribution >= 0.6 is 0 Å². The Labute approximate surface area is 187 Å². The lowest BCUT2D eigenvalue weighted by Crippen LogP contribution is -2.64. The molecule has 0 aliphatic carbocycles. The van der Waals surface area contributed by atoms with Crippen molar-refractivity contribution >= 4 is 23.7 Å². The number of carbonyl (C=O) groups is 2. The molecular weight excluding hydrogens is 414 g/mol. The minimum Gasteiger partial charge on any atom is -0.379 e. The SMILES string of the molecule is CCOCC[N+]1=C(n2nc(C)cc2C)N=C2C1C(=O)N(CCN1CCOCC1)C(=O)N2C. The number of aliphatic imine (C=N–C) groups is 1. The largest absolute Gasteiger partial charge is 0.421 e. The predicted molar refractivity (Wildman–Crippen MR) is 117 cm³/mol. The number of hydrogen-bond acceptors (Lipinski definition) is 7. The summed E-state index contributed by atoms with van der Waals surface area (Å²) in [4.78, 5) is 36.4. The number of nitrogens with zero attached hydrogens (tertiary/aromatic N) is 7. The quantitative estimate of drug-likeness (QED) is 0.424. The molecule has 4 heterocycles. The van der Waals surface area contributed by atoms with E-state index >= 15 is 0 Å².